The van der Waals surface area contributed by atoms with Crippen molar-refractivity contribution < 1.29 is 9.84 Å². The van der Waals surface area contributed by atoms with Crippen LogP contribution in [-0.2, 0) is 11.3 Å². The van der Waals surface area contributed by atoms with Gasteiger partial charge in [-0.25, -0.2) is 0 Å². The quantitative estimate of drug-likeness (QED) is 0.548. The maximum Gasteiger partial charge on any atom is 0.166 e. The number of rotatable bonds is 4. The zero-order valence-corrected chi connectivity index (χ0v) is 19.0. The molecule has 2 heteroatoms. The molecule has 30 heavy (non-hydrogen) atoms. The van der Waals surface area contributed by atoms with Crippen molar-refractivity contribution in [2.24, 2.45) is 22.7 Å². The zero-order chi connectivity index (χ0) is 21.0. The van der Waals surface area contributed by atoms with Gasteiger partial charge in [-0.1, -0.05) is 69.2 Å². The Hall–Kier alpha value is -1.38. The highest BCUT2D eigenvalue weighted by Gasteiger charge is 2.54. The van der Waals surface area contributed by atoms with Gasteiger partial charge in [0.25, 0.3) is 0 Å². The Kier molecular flexibility index (Phi) is 5.02. The molecular formula is C28H38O2. The molecule has 0 aliphatic heterocycles. The van der Waals surface area contributed by atoms with Gasteiger partial charge in [0.1, 0.15) is 0 Å². The van der Waals surface area contributed by atoms with Crippen molar-refractivity contribution in [1.29, 1.82) is 0 Å². The fraction of sp³-hybridized carbons (Fsp3) is 0.643. The van der Waals surface area contributed by atoms with Gasteiger partial charge in [0.05, 0.1) is 6.61 Å². The Labute approximate surface area is 182 Å². The summed E-state index contributed by atoms with van der Waals surface area (Å²) in [6.45, 7) is 7.90. The van der Waals surface area contributed by atoms with E-state index >= 15 is 0 Å². The number of ether oxygens (including phenoxy) is 1. The Morgan fingerprint density at radius 3 is 2.60 bits per heavy atom. The molecule has 0 saturated heterocycles. The van der Waals surface area contributed by atoms with E-state index in [-0.39, 0.29) is 5.41 Å². The Bertz CT molecular complexity index is 868. The number of allylic oxidation sites excluding steroid dienone is 4. The molecule has 1 aromatic carbocycles. The van der Waals surface area contributed by atoms with E-state index in [1.54, 1.807) is 16.7 Å². The lowest BCUT2D eigenvalue weighted by molar-refractivity contribution is -0.248. The average Bonchev–Trinajstić information content (AvgIpc) is 3.10. The smallest absolute Gasteiger partial charge is 0.166 e. The summed E-state index contributed by atoms with van der Waals surface area (Å²) >= 11 is 0. The fourth-order valence-electron chi connectivity index (χ4n) is 7.44. The van der Waals surface area contributed by atoms with E-state index < -0.39 is 5.79 Å². The molecule has 0 heterocycles. The third-order valence-electron chi connectivity index (χ3n) is 9.48. The predicted molar refractivity (Wildman–Crippen MR) is 122 cm³/mol. The zero-order valence-electron chi connectivity index (χ0n) is 19.0. The van der Waals surface area contributed by atoms with Gasteiger partial charge in [-0.05, 0) is 77.9 Å². The number of benzene rings is 1. The van der Waals surface area contributed by atoms with Gasteiger partial charge in [0.15, 0.2) is 5.79 Å². The highest BCUT2D eigenvalue weighted by molar-refractivity contribution is 5.49. The molecule has 4 aliphatic rings. The van der Waals surface area contributed by atoms with E-state index in [4.69, 9.17) is 4.74 Å². The van der Waals surface area contributed by atoms with Gasteiger partial charge in [-0.15, -0.1) is 0 Å². The van der Waals surface area contributed by atoms with Crippen molar-refractivity contribution in [3.8, 4) is 0 Å². The van der Waals surface area contributed by atoms with Gasteiger partial charge in [-0.2, -0.15) is 0 Å². The minimum absolute atomic E-state index is 0.238. The topological polar surface area (TPSA) is 29.5 Å². The maximum atomic E-state index is 11.3. The second-order valence-electron chi connectivity index (χ2n) is 10.9. The SMILES string of the molecule is CC[C@H]1CC=C2C3=C(CC[C@@]21C)[C@@]1(C)CCC(O)(OCc2ccccc2)CC1CC3. The summed E-state index contributed by atoms with van der Waals surface area (Å²) in [6.07, 6.45) is 12.7. The third-order valence-corrected chi connectivity index (χ3v) is 9.48. The number of hydrogen-bond acceptors (Lipinski definition) is 2. The Balaban J connectivity index is 1.36. The van der Waals surface area contributed by atoms with Crippen molar-refractivity contribution in [2.75, 3.05) is 0 Å². The molecule has 5 rings (SSSR count). The molecule has 2 nitrogen and oxygen atoms in total. The van der Waals surface area contributed by atoms with E-state index in [0.29, 0.717) is 17.9 Å². The summed E-state index contributed by atoms with van der Waals surface area (Å²) in [5.41, 5.74) is 6.95. The molecule has 0 bridgehead atoms. The molecule has 0 spiro atoms. The van der Waals surface area contributed by atoms with Gasteiger partial charge < -0.3 is 9.84 Å². The first-order valence-electron chi connectivity index (χ1n) is 12.2. The number of aliphatic hydroxyl groups is 1. The first-order valence-corrected chi connectivity index (χ1v) is 12.2. The molecule has 5 atom stereocenters. The Morgan fingerprint density at radius 1 is 1.03 bits per heavy atom. The molecule has 162 valence electrons. The monoisotopic (exact) mass is 406 g/mol. The van der Waals surface area contributed by atoms with Crippen molar-refractivity contribution in [3.63, 3.8) is 0 Å². The van der Waals surface area contributed by atoms with Crippen LogP contribution in [0.15, 0.2) is 53.1 Å². The van der Waals surface area contributed by atoms with Crippen molar-refractivity contribution >= 4 is 0 Å². The minimum atomic E-state index is -0.971. The van der Waals surface area contributed by atoms with Gasteiger partial charge >= 0.3 is 0 Å². The van der Waals surface area contributed by atoms with Crippen LogP contribution < -0.4 is 0 Å². The van der Waals surface area contributed by atoms with Crippen LogP contribution in [0.5, 0.6) is 0 Å². The van der Waals surface area contributed by atoms with E-state index in [2.05, 4.69) is 39.0 Å². The minimum Gasteiger partial charge on any atom is -0.365 e. The summed E-state index contributed by atoms with van der Waals surface area (Å²) in [6, 6.07) is 10.2. The summed E-state index contributed by atoms with van der Waals surface area (Å²) < 4.78 is 6.13. The molecule has 1 saturated carbocycles. The molecular weight excluding hydrogens is 368 g/mol. The van der Waals surface area contributed by atoms with Gasteiger partial charge in [0, 0.05) is 12.8 Å². The summed E-state index contributed by atoms with van der Waals surface area (Å²) in [5.74, 6) is 0.385. The van der Waals surface area contributed by atoms with Crippen LogP contribution in [0.25, 0.3) is 0 Å². The molecule has 4 aliphatic carbocycles. The number of hydrogen-bond donors (Lipinski definition) is 1. The van der Waals surface area contributed by atoms with Crippen molar-refractivity contribution in [3.05, 3.63) is 58.7 Å². The number of fused-ring (bicyclic) bond motifs is 4. The van der Waals surface area contributed by atoms with Crippen LogP contribution in [-0.4, -0.2) is 10.9 Å². The first kappa shape index (κ1) is 20.5. The van der Waals surface area contributed by atoms with E-state index in [1.807, 2.05) is 18.2 Å². The molecule has 1 fully saturated rings. The summed E-state index contributed by atoms with van der Waals surface area (Å²) in [5, 5.41) is 11.3. The lowest BCUT2D eigenvalue weighted by Crippen LogP contribution is -2.49. The highest BCUT2D eigenvalue weighted by atomic mass is 16.6. The van der Waals surface area contributed by atoms with Gasteiger partial charge in [-0.3, -0.25) is 0 Å². The predicted octanol–water partition coefficient (Wildman–Crippen LogP) is 6.95. The van der Waals surface area contributed by atoms with E-state index in [0.717, 1.165) is 30.7 Å². The third kappa shape index (κ3) is 3.14. The van der Waals surface area contributed by atoms with Crippen LogP contribution >= 0.6 is 0 Å². The van der Waals surface area contributed by atoms with Gasteiger partial charge in [0.2, 0.25) is 0 Å². The molecule has 1 N–H and O–H groups in total. The second-order valence-corrected chi connectivity index (χ2v) is 10.9. The van der Waals surface area contributed by atoms with Crippen LogP contribution in [0, 0.1) is 22.7 Å². The average molecular weight is 407 g/mol. The van der Waals surface area contributed by atoms with Crippen LogP contribution in [0.3, 0.4) is 0 Å². The normalized spacial score (nSPS) is 40.5. The molecule has 0 aromatic heterocycles. The fourth-order valence-corrected chi connectivity index (χ4v) is 7.44. The second kappa shape index (κ2) is 7.35. The van der Waals surface area contributed by atoms with Crippen LogP contribution in [0.2, 0.25) is 0 Å². The van der Waals surface area contributed by atoms with Crippen LogP contribution in [0.1, 0.15) is 84.1 Å². The summed E-state index contributed by atoms with van der Waals surface area (Å²) in [4.78, 5) is 0. The molecule has 0 radical (unpaired) electrons. The van der Waals surface area contributed by atoms with Crippen molar-refractivity contribution in [2.45, 2.75) is 91.0 Å². The standard InChI is InChI=1S/C28H38O2/c1-4-21-11-13-24-23-12-10-22-18-28(29,30-19-20-8-6-5-7-9-20)17-16-27(22,3)25(23)14-15-26(21,24)2/h5-9,13,21-22,29H,4,10-12,14-19H2,1-3H3/t21-,22?,26+,27-,28?/m0/s1. The van der Waals surface area contributed by atoms with E-state index in [9.17, 15) is 5.11 Å². The lowest BCUT2D eigenvalue weighted by atomic mass is 9.51. The Morgan fingerprint density at radius 2 is 1.83 bits per heavy atom. The molecule has 2 unspecified atom stereocenters. The first-order chi connectivity index (χ1) is 14.4. The maximum absolute atomic E-state index is 11.3. The highest BCUT2D eigenvalue weighted by Crippen LogP contribution is 2.64. The van der Waals surface area contributed by atoms with Crippen molar-refractivity contribution in [1.82, 2.24) is 0 Å². The molecule has 0 amide bonds. The van der Waals surface area contributed by atoms with Crippen LogP contribution in [0.4, 0.5) is 0 Å². The summed E-state index contributed by atoms with van der Waals surface area (Å²) in [7, 11) is 0. The lowest BCUT2D eigenvalue weighted by Gasteiger charge is -2.55. The molecule has 1 aromatic rings. The van der Waals surface area contributed by atoms with E-state index in [1.165, 1.54) is 38.5 Å². The largest absolute Gasteiger partial charge is 0.365 e.